The lowest BCUT2D eigenvalue weighted by atomic mass is 9.99. The number of aliphatic hydroxyl groups is 2. The van der Waals surface area contributed by atoms with Crippen LogP contribution in [0.5, 0.6) is 0 Å². The molecule has 1 aromatic carbocycles. The molecule has 2 atom stereocenters. The number of primary amides is 1. The third-order valence-electron chi connectivity index (χ3n) is 2.20. The number of aldehydes is 2. The fourth-order valence-electron chi connectivity index (χ4n) is 1.35. The first-order valence-corrected chi connectivity index (χ1v) is 4.70. The smallest absolute Gasteiger partial charge is 0.249 e. The zero-order chi connectivity index (χ0) is 13.0. The average molecular weight is 237 g/mol. The number of aliphatic hydroxyl groups excluding tert-OH is 2. The zero-order valence-corrected chi connectivity index (χ0v) is 8.74. The zero-order valence-electron chi connectivity index (χ0n) is 8.74. The molecule has 90 valence electrons. The summed E-state index contributed by atoms with van der Waals surface area (Å²) < 4.78 is 0. The van der Waals surface area contributed by atoms with Crippen LogP contribution in [-0.2, 0) is 4.79 Å². The minimum Gasteiger partial charge on any atom is -0.385 e. The fourth-order valence-corrected chi connectivity index (χ4v) is 1.35. The summed E-state index contributed by atoms with van der Waals surface area (Å²) in [7, 11) is 0. The van der Waals surface area contributed by atoms with Crippen molar-refractivity contribution in [2.45, 2.75) is 12.2 Å². The molecule has 17 heavy (non-hydrogen) atoms. The monoisotopic (exact) mass is 237 g/mol. The highest BCUT2D eigenvalue weighted by Crippen LogP contribution is 2.19. The Morgan fingerprint density at radius 1 is 1.12 bits per heavy atom. The number of nitrogens with two attached hydrogens (primary N) is 1. The number of carbonyl (C=O) groups is 3. The SMILES string of the molecule is NC(=O)C(O)C(O)c1cc(C=O)cc(C=O)c1. The second-order valence-corrected chi connectivity index (χ2v) is 3.46. The van der Waals surface area contributed by atoms with Gasteiger partial charge in [0.25, 0.3) is 0 Å². The summed E-state index contributed by atoms with van der Waals surface area (Å²) >= 11 is 0. The highest BCUT2D eigenvalue weighted by atomic mass is 16.3. The minimum absolute atomic E-state index is 0.0722. The van der Waals surface area contributed by atoms with E-state index in [1.807, 2.05) is 0 Å². The van der Waals surface area contributed by atoms with Crippen molar-refractivity contribution in [3.8, 4) is 0 Å². The number of hydrogen-bond donors (Lipinski definition) is 3. The molecule has 1 aromatic rings. The number of carbonyl (C=O) groups excluding carboxylic acids is 3. The van der Waals surface area contributed by atoms with Crippen molar-refractivity contribution in [1.82, 2.24) is 0 Å². The molecule has 0 aliphatic carbocycles. The summed E-state index contributed by atoms with van der Waals surface area (Å²) in [4.78, 5) is 31.9. The molecule has 0 heterocycles. The third kappa shape index (κ3) is 2.96. The first-order chi connectivity index (χ1) is 7.99. The summed E-state index contributed by atoms with van der Waals surface area (Å²) in [6, 6.07) is 3.83. The Kier molecular flexibility index (Phi) is 4.08. The van der Waals surface area contributed by atoms with Crippen molar-refractivity contribution in [2.75, 3.05) is 0 Å². The Morgan fingerprint density at radius 2 is 1.59 bits per heavy atom. The van der Waals surface area contributed by atoms with Gasteiger partial charge in [0.05, 0.1) is 0 Å². The maximum atomic E-state index is 10.7. The van der Waals surface area contributed by atoms with Gasteiger partial charge >= 0.3 is 0 Å². The van der Waals surface area contributed by atoms with Gasteiger partial charge in [-0.15, -0.1) is 0 Å². The Bertz CT molecular complexity index is 431. The molecular weight excluding hydrogens is 226 g/mol. The molecule has 4 N–H and O–H groups in total. The van der Waals surface area contributed by atoms with E-state index in [1.165, 1.54) is 18.2 Å². The van der Waals surface area contributed by atoms with Crippen molar-refractivity contribution in [2.24, 2.45) is 5.73 Å². The van der Waals surface area contributed by atoms with Gasteiger partial charge in [-0.05, 0) is 23.8 Å². The van der Waals surface area contributed by atoms with E-state index < -0.39 is 18.1 Å². The topological polar surface area (TPSA) is 118 Å². The van der Waals surface area contributed by atoms with Crippen LogP contribution in [0.1, 0.15) is 32.4 Å². The molecule has 6 heteroatoms. The van der Waals surface area contributed by atoms with Crippen LogP contribution >= 0.6 is 0 Å². The molecular formula is C11H11NO5. The van der Waals surface area contributed by atoms with Crippen LogP contribution in [0.15, 0.2) is 18.2 Å². The van der Waals surface area contributed by atoms with Crippen molar-refractivity contribution in [3.05, 3.63) is 34.9 Å². The standard InChI is InChI=1S/C11H11NO5/c12-11(17)10(16)9(15)8-2-6(4-13)1-7(3-8)5-14/h1-5,9-10,15-16H,(H2,12,17). The summed E-state index contributed by atoms with van der Waals surface area (Å²) in [5.41, 5.74) is 5.21. The lowest BCUT2D eigenvalue weighted by Crippen LogP contribution is -2.33. The van der Waals surface area contributed by atoms with Crippen molar-refractivity contribution >= 4 is 18.5 Å². The Morgan fingerprint density at radius 3 is 1.94 bits per heavy atom. The first kappa shape index (κ1) is 13.0. The molecule has 0 aliphatic heterocycles. The van der Waals surface area contributed by atoms with Crippen molar-refractivity contribution in [1.29, 1.82) is 0 Å². The maximum Gasteiger partial charge on any atom is 0.249 e. The second kappa shape index (κ2) is 5.33. The van der Waals surface area contributed by atoms with Crippen molar-refractivity contribution in [3.63, 3.8) is 0 Å². The van der Waals surface area contributed by atoms with Gasteiger partial charge in [-0.1, -0.05) is 0 Å². The molecule has 2 unspecified atom stereocenters. The van der Waals surface area contributed by atoms with Gasteiger partial charge in [-0.3, -0.25) is 14.4 Å². The molecule has 0 aliphatic rings. The molecule has 0 radical (unpaired) electrons. The molecule has 0 saturated carbocycles. The predicted molar refractivity (Wildman–Crippen MR) is 57.4 cm³/mol. The van der Waals surface area contributed by atoms with Crippen molar-refractivity contribution < 1.29 is 24.6 Å². The molecule has 0 saturated heterocycles. The minimum atomic E-state index is -1.79. The van der Waals surface area contributed by atoms with Crippen LogP contribution < -0.4 is 5.73 Å². The number of amides is 1. The Labute approximate surface area is 96.7 Å². The lowest BCUT2D eigenvalue weighted by Gasteiger charge is -2.15. The number of hydrogen-bond acceptors (Lipinski definition) is 5. The molecule has 0 bridgehead atoms. The molecule has 1 rings (SSSR count). The second-order valence-electron chi connectivity index (χ2n) is 3.46. The van der Waals surface area contributed by atoms with Crippen LogP contribution in [0.2, 0.25) is 0 Å². The summed E-state index contributed by atoms with van der Waals surface area (Å²) in [6.07, 6.45) is -2.40. The molecule has 0 aromatic heterocycles. The predicted octanol–water partition coefficient (Wildman–Crippen LogP) is -0.809. The van der Waals surface area contributed by atoms with Gasteiger partial charge in [0, 0.05) is 11.1 Å². The van der Waals surface area contributed by atoms with Crippen LogP contribution in [0, 0.1) is 0 Å². The van der Waals surface area contributed by atoms with Crippen LogP contribution in [0.4, 0.5) is 0 Å². The Balaban J connectivity index is 3.16. The van der Waals surface area contributed by atoms with Gasteiger partial charge in [0.15, 0.2) is 6.10 Å². The lowest BCUT2D eigenvalue weighted by molar-refractivity contribution is -0.131. The van der Waals surface area contributed by atoms with Crippen LogP contribution in [0.25, 0.3) is 0 Å². The summed E-state index contributed by atoms with van der Waals surface area (Å²) in [5, 5.41) is 18.9. The summed E-state index contributed by atoms with van der Waals surface area (Å²) in [5.74, 6) is -1.10. The van der Waals surface area contributed by atoms with E-state index in [4.69, 9.17) is 5.73 Å². The number of rotatable bonds is 5. The van der Waals surface area contributed by atoms with Gasteiger partial charge in [-0.2, -0.15) is 0 Å². The first-order valence-electron chi connectivity index (χ1n) is 4.70. The summed E-state index contributed by atoms with van der Waals surface area (Å²) in [6.45, 7) is 0. The Hall–Kier alpha value is -2.05. The number of benzene rings is 1. The molecule has 0 fully saturated rings. The fraction of sp³-hybridized carbons (Fsp3) is 0.182. The average Bonchev–Trinajstić information content (AvgIpc) is 2.35. The van der Waals surface area contributed by atoms with E-state index in [2.05, 4.69) is 0 Å². The van der Waals surface area contributed by atoms with Gasteiger partial charge in [0.1, 0.15) is 18.7 Å². The highest BCUT2D eigenvalue weighted by molar-refractivity contribution is 5.83. The van der Waals surface area contributed by atoms with E-state index in [0.29, 0.717) is 12.6 Å². The molecule has 1 amide bonds. The van der Waals surface area contributed by atoms with Gasteiger partial charge in [-0.25, -0.2) is 0 Å². The quantitative estimate of drug-likeness (QED) is 0.579. The molecule has 0 spiro atoms. The normalized spacial score (nSPS) is 13.8. The molecule has 6 nitrogen and oxygen atoms in total. The largest absolute Gasteiger partial charge is 0.385 e. The third-order valence-corrected chi connectivity index (χ3v) is 2.20. The van der Waals surface area contributed by atoms with Crippen LogP contribution in [0.3, 0.4) is 0 Å². The van der Waals surface area contributed by atoms with Gasteiger partial charge < -0.3 is 15.9 Å². The highest BCUT2D eigenvalue weighted by Gasteiger charge is 2.23. The van der Waals surface area contributed by atoms with E-state index in [1.54, 1.807) is 0 Å². The van der Waals surface area contributed by atoms with E-state index in [0.717, 1.165) is 0 Å². The van der Waals surface area contributed by atoms with E-state index >= 15 is 0 Å². The van der Waals surface area contributed by atoms with Gasteiger partial charge in [0.2, 0.25) is 5.91 Å². The maximum absolute atomic E-state index is 10.7. The van der Waals surface area contributed by atoms with E-state index in [-0.39, 0.29) is 16.7 Å². The van der Waals surface area contributed by atoms with Crippen LogP contribution in [-0.4, -0.2) is 34.8 Å². The van der Waals surface area contributed by atoms with E-state index in [9.17, 15) is 24.6 Å².